The Bertz CT molecular complexity index is 318. The number of carbonyl (C=O) groups is 1. The average Bonchev–Trinajstić information content (AvgIpc) is 2.18. The Kier molecular flexibility index (Phi) is 5.05. The monoisotopic (exact) mass is 206 g/mol. The predicted octanol–water partition coefficient (Wildman–Crippen LogP) is 2.27. The first kappa shape index (κ1) is 11.9. The van der Waals surface area contributed by atoms with Gasteiger partial charge in [-0.3, -0.25) is 4.79 Å². The molecule has 2 heteroatoms. The Balaban J connectivity index is 2.37. The molecule has 2 nitrogen and oxygen atoms in total. The Morgan fingerprint density at radius 2 is 2.13 bits per heavy atom. The van der Waals surface area contributed by atoms with E-state index in [0.29, 0.717) is 12.8 Å². The molecule has 0 aromatic heterocycles. The summed E-state index contributed by atoms with van der Waals surface area (Å²) in [6.45, 7) is 2.21. The van der Waals surface area contributed by atoms with E-state index in [9.17, 15) is 4.79 Å². The smallest absolute Gasteiger partial charge is 0.137 e. The lowest BCUT2D eigenvalue weighted by molar-refractivity contribution is -0.118. The molecule has 1 aromatic carbocycles. The number of ketones is 1. The average molecular weight is 206 g/mol. The number of aryl methyl sites for hydroxylation is 1. The zero-order valence-electron chi connectivity index (χ0n) is 9.20. The lowest BCUT2D eigenvalue weighted by atomic mass is 10.0. The molecule has 0 saturated carbocycles. The van der Waals surface area contributed by atoms with Crippen LogP contribution in [0.3, 0.4) is 0 Å². The number of aliphatic hydroxyl groups is 1. The maximum Gasteiger partial charge on any atom is 0.137 e. The molecular weight excluding hydrogens is 188 g/mol. The van der Waals surface area contributed by atoms with Gasteiger partial charge in [-0.15, -0.1) is 0 Å². The van der Waals surface area contributed by atoms with Gasteiger partial charge in [0, 0.05) is 19.4 Å². The molecule has 0 aliphatic rings. The molecule has 0 fully saturated rings. The van der Waals surface area contributed by atoms with Crippen molar-refractivity contribution in [2.75, 3.05) is 6.61 Å². The van der Waals surface area contributed by atoms with Crippen LogP contribution in [-0.2, 0) is 11.2 Å². The first-order valence-electron chi connectivity index (χ1n) is 5.40. The highest BCUT2D eigenvalue weighted by molar-refractivity contribution is 5.80. The molecule has 0 aliphatic carbocycles. The topological polar surface area (TPSA) is 37.3 Å². The second-order valence-corrected chi connectivity index (χ2v) is 3.89. The molecule has 0 unspecified atom stereocenters. The van der Waals surface area contributed by atoms with E-state index in [4.69, 9.17) is 5.11 Å². The fraction of sp³-hybridized carbons (Fsp3) is 0.462. The van der Waals surface area contributed by atoms with Gasteiger partial charge >= 0.3 is 0 Å². The number of unbranched alkanes of at least 4 members (excludes halogenated alkanes) is 1. The molecule has 0 radical (unpaired) electrons. The summed E-state index contributed by atoms with van der Waals surface area (Å²) in [7, 11) is 0. The molecule has 0 atom stereocenters. The maximum absolute atomic E-state index is 11.5. The van der Waals surface area contributed by atoms with Crippen molar-refractivity contribution in [2.45, 2.75) is 32.6 Å². The number of Topliss-reactive ketones (excluding diaryl/α,β-unsaturated/α-hetero) is 1. The molecule has 15 heavy (non-hydrogen) atoms. The van der Waals surface area contributed by atoms with E-state index in [0.717, 1.165) is 18.4 Å². The van der Waals surface area contributed by atoms with Crippen LogP contribution in [0.4, 0.5) is 0 Å². The molecular formula is C13H18O2. The maximum atomic E-state index is 11.5. The lowest BCUT2D eigenvalue weighted by Gasteiger charge is -2.02. The van der Waals surface area contributed by atoms with E-state index < -0.39 is 0 Å². The van der Waals surface area contributed by atoms with Crippen LogP contribution in [0.1, 0.15) is 30.4 Å². The standard InChI is InChI=1S/C13H18O2/c1-11-5-4-6-12(9-11)10-13(15)7-2-3-8-14/h4-6,9,14H,2-3,7-8,10H2,1H3. The third-order valence-corrected chi connectivity index (χ3v) is 2.35. The number of hydrogen-bond donors (Lipinski definition) is 1. The summed E-state index contributed by atoms with van der Waals surface area (Å²) in [5.74, 6) is 0.258. The molecule has 0 spiro atoms. The largest absolute Gasteiger partial charge is 0.396 e. The molecule has 1 rings (SSSR count). The normalized spacial score (nSPS) is 10.3. The van der Waals surface area contributed by atoms with Gasteiger partial charge in [-0.2, -0.15) is 0 Å². The summed E-state index contributed by atoms with van der Waals surface area (Å²) in [5, 5.41) is 8.59. The van der Waals surface area contributed by atoms with E-state index in [1.54, 1.807) is 0 Å². The Hall–Kier alpha value is -1.15. The van der Waals surface area contributed by atoms with Gasteiger partial charge in [-0.1, -0.05) is 29.8 Å². The highest BCUT2D eigenvalue weighted by Gasteiger charge is 2.03. The first-order chi connectivity index (χ1) is 7.22. The van der Waals surface area contributed by atoms with E-state index >= 15 is 0 Å². The van der Waals surface area contributed by atoms with Crippen molar-refractivity contribution in [3.63, 3.8) is 0 Å². The highest BCUT2D eigenvalue weighted by atomic mass is 16.2. The van der Waals surface area contributed by atoms with Crippen LogP contribution in [0.5, 0.6) is 0 Å². The summed E-state index contributed by atoms with van der Waals surface area (Å²) >= 11 is 0. The van der Waals surface area contributed by atoms with Crippen molar-refractivity contribution >= 4 is 5.78 Å². The second-order valence-electron chi connectivity index (χ2n) is 3.89. The van der Waals surface area contributed by atoms with Gasteiger partial charge in [-0.05, 0) is 25.3 Å². The lowest BCUT2D eigenvalue weighted by Crippen LogP contribution is -2.03. The van der Waals surface area contributed by atoms with Gasteiger partial charge in [0.15, 0.2) is 0 Å². The van der Waals surface area contributed by atoms with Gasteiger partial charge in [0.2, 0.25) is 0 Å². The Morgan fingerprint density at radius 3 is 2.80 bits per heavy atom. The van der Waals surface area contributed by atoms with Crippen molar-refractivity contribution < 1.29 is 9.90 Å². The van der Waals surface area contributed by atoms with Crippen molar-refractivity contribution in [1.29, 1.82) is 0 Å². The van der Waals surface area contributed by atoms with Gasteiger partial charge in [-0.25, -0.2) is 0 Å². The Labute approximate surface area is 90.9 Å². The summed E-state index contributed by atoms with van der Waals surface area (Å²) in [6.07, 6.45) is 2.61. The van der Waals surface area contributed by atoms with Crippen LogP contribution < -0.4 is 0 Å². The third kappa shape index (κ3) is 4.75. The zero-order valence-corrected chi connectivity index (χ0v) is 9.20. The number of aliphatic hydroxyl groups excluding tert-OH is 1. The van der Waals surface area contributed by atoms with E-state index in [1.807, 2.05) is 31.2 Å². The minimum absolute atomic E-state index is 0.178. The number of rotatable bonds is 6. The summed E-state index contributed by atoms with van der Waals surface area (Å²) in [6, 6.07) is 8.03. The van der Waals surface area contributed by atoms with Crippen LogP contribution in [-0.4, -0.2) is 17.5 Å². The highest BCUT2D eigenvalue weighted by Crippen LogP contribution is 2.07. The molecule has 0 heterocycles. The van der Waals surface area contributed by atoms with Crippen LogP contribution in [0.2, 0.25) is 0 Å². The molecule has 1 N–H and O–H groups in total. The fourth-order valence-electron chi connectivity index (χ4n) is 1.57. The fourth-order valence-corrected chi connectivity index (χ4v) is 1.57. The molecule has 82 valence electrons. The zero-order chi connectivity index (χ0) is 11.1. The van der Waals surface area contributed by atoms with Crippen molar-refractivity contribution in [2.24, 2.45) is 0 Å². The van der Waals surface area contributed by atoms with E-state index in [2.05, 4.69) is 0 Å². The minimum atomic E-state index is 0.178. The van der Waals surface area contributed by atoms with Crippen molar-refractivity contribution in [3.8, 4) is 0 Å². The summed E-state index contributed by atoms with van der Waals surface area (Å²) in [4.78, 5) is 11.5. The SMILES string of the molecule is Cc1cccc(CC(=O)CCCCO)c1. The van der Waals surface area contributed by atoms with Crippen LogP contribution in [0, 0.1) is 6.92 Å². The van der Waals surface area contributed by atoms with Crippen LogP contribution >= 0.6 is 0 Å². The van der Waals surface area contributed by atoms with Crippen LogP contribution in [0.25, 0.3) is 0 Å². The number of carbonyl (C=O) groups excluding carboxylic acids is 1. The Morgan fingerprint density at radius 1 is 1.33 bits per heavy atom. The summed E-state index contributed by atoms with van der Waals surface area (Å²) < 4.78 is 0. The molecule has 0 saturated heterocycles. The number of benzene rings is 1. The summed E-state index contributed by atoms with van der Waals surface area (Å²) in [5.41, 5.74) is 2.28. The predicted molar refractivity (Wildman–Crippen MR) is 60.8 cm³/mol. The van der Waals surface area contributed by atoms with Crippen molar-refractivity contribution in [1.82, 2.24) is 0 Å². The van der Waals surface area contributed by atoms with Gasteiger partial charge in [0.25, 0.3) is 0 Å². The third-order valence-electron chi connectivity index (χ3n) is 2.35. The van der Waals surface area contributed by atoms with Gasteiger partial charge < -0.3 is 5.11 Å². The number of hydrogen-bond acceptors (Lipinski definition) is 2. The first-order valence-corrected chi connectivity index (χ1v) is 5.40. The second kappa shape index (κ2) is 6.36. The molecule has 1 aromatic rings. The van der Waals surface area contributed by atoms with E-state index in [-0.39, 0.29) is 12.4 Å². The van der Waals surface area contributed by atoms with Crippen LogP contribution in [0.15, 0.2) is 24.3 Å². The van der Waals surface area contributed by atoms with Crippen molar-refractivity contribution in [3.05, 3.63) is 35.4 Å². The quantitative estimate of drug-likeness (QED) is 0.725. The van der Waals surface area contributed by atoms with Gasteiger partial charge in [0.05, 0.1) is 0 Å². The van der Waals surface area contributed by atoms with E-state index in [1.165, 1.54) is 5.56 Å². The van der Waals surface area contributed by atoms with Gasteiger partial charge in [0.1, 0.15) is 5.78 Å². The molecule has 0 bridgehead atoms. The minimum Gasteiger partial charge on any atom is -0.396 e. The molecule has 0 aliphatic heterocycles. The molecule has 0 amide bonds.